The van der Waals surface area contributed by atoms with Crippen LogP contribution in [0.5, 0.6) is 0 Å². The van der Waals surface area contributed by atoms with Crippen molar-refractivity contribution < 1.29 is 0 Å². The molecular weight excluding hydrogens is 442 g/mol. The number of hydrogen-bond donors (Lipinski definition) is 0. The number of para-hydroxylation sites is 2. The molecule has 0 atom stereocenters. The van der Waals surface area contributed by atoms with Crippen LogP contribution in [0.2, 0.25) is 0 Å². The van der Waals surface area contributed by atoms with Crippen LogP contribution in [0.15, 0.2) is 103 Å². The Morgan fingerprint density at radius 1 is 0.600 bits per heavy atom. The number of thiophene rings is 1. The molecule has 7 aromatic rings. The van der Waals surface area contributed by atoms with Crippen LogP contribution < -0.4 is 0 Å². The van der Waals surface area contributed by atoms with Crippen LogP contribution >= 0.6 is 11.3 Å². The smallest absolute Gasteiger partial charge is 0.0541 e. The first kappa shape index (κ1) is 19.4. The highest BCUT2D eigenvalue weighted by molar-refractivity contribution is 7.26. The van der Waals surface area contributed by atoms with Crippen molar-refractivity contribution in [1.29, 1.82) is 0 Å². The van der Waals surface area contributed by atoms with Crippen LogP contribution in [0.25, 0.3) is 58.8 Å². The predicted molar refractivity (Wildman–Crippen MR) is 151 cm³/mol. The Kier molecular flexibility index (Phi) is 3.67. The van der Waals surface area contributed by atoms with Crippen molar-refractivity contribution in [2.45, 2.75) is 19.3 Å². The summed E-state index contributed by atoms with van der Waals surface area (Å²) in [5, 5.41) is 5.35. The molecule has 0 spiro atoms. The van der Waals surface area contributed by atoms with Crippen molar-refractivity contribution >= 4 is 53.3 Å². The van der Waals surface area contributed by atoms with Gasteiger partial charge in [0.15, 0.2) is 0 Å². The van der Waals surface area contributed by atoms with Gasteiger partial charge in [-0.25, -0.2) is 0 Å². The Labute approximate surface area is 207 Å². The lowest BCUT2D eigenvalue weighted by molar-refractivity contribution is 0.660. The maximum Gasteiger partial charge on any atom is 0.0541 e. The standard InChI is InChI=1S/C33H23NS/c1-33(2)26-18-17-24-23-11-5-8-14-30(23)35-32(24)31(26)25-16-15-20(19-27(25)33)34-28-12-6-3-9-21(28)22-10-4-7-13-29(22)34/h3-19H,1-2H3. The van der Waals surface area contributed by atoms with Crippen molar-refractivity contribution in [1.82, 2.24) is 4.57 Å². The quantitative estimate of drug-likeness (QED) is 0.227. The van der Waals surface area contributed by atoms with Crippen LogP contribution in [-0.4, -0.2) is 4.57 Å². The van der Waals surface area contributed by atoms with Gasteiger partial charge in [0.1, 0.15) is 0 Å². The number of aromatic nitrogens is 1. The summed E-state index contributed by atoms with van der Waals surface area (Å²) in [7, 11) is 0. The molecule has 2 heterocycles. The molecule has 2 aromatic heterocycles. The zero-order valence-electron chi connectivity index (χ0n) is 19.7. The summed E-state index contributed by atoms with van der Waals surface area (Å²) < 4.78 is 5.21. The number of benzene rings is 5. The van der Waals surface area contributed by atoms with E-state index >= 15 is 0 Å². The van der Waals surface area contributed by atoms with E-state index in [0.717, 1.165) is 0 Å². The second-order valence-corrected chi connectivity index (χ2v) is 11.2. The van der Waals surface area contributed by atoms with E-state index in [1.165, 1.54) is 69.9 Å². The molecular formula is C33H23NS. The monoisotopic (exact) mass is 465 g/mol. The Hall–Kier alpha value is -3.88. The fourth-order valence-corrected chi connectivity index (χ4v) is 7.59. The molecule has 0 unspecified atom stereocenters. The molecule has 1 aliphatic carbocycles. The average Bonchev–Trinajstić information content (AvgIpc) is 3.50. The molecule has 0 saturated carbocycles. The van der Waals surface area contributed by atoms with Gasteiger partial charge in [0, 0.05) is 47.6 Å². The summed E-state index contributed by atoms with van der Waals surface area (Å²) in [4.78, 5) is 0. The molecule has 2 heteroatoms. The zero-order chi connectivity index (χ0) is 23.3. The Balaban J connectivity index is 1.43. The van der Waals surface area contributed by atoms with Crippen molar-refractivity contribution in [3.8, 4) is 16.8 Å². The third-order valence-corrected chi connectivity index (χ3v) is 9.21. The van der Waals surface area contributed by atoms with E-state index in [0.29, 0.717) is 0 Å². The molecule has 0 aliphatic heterocycles. The summed E-state index contributed by atoms with van der Waals surface area (Å²) in [5.74, 6) is 0. The maximum absolute atomic E-state index is 2.44. The Bertz CT molecular complexity index is 1930. The van der Waals surface area contributed by atoms with Crippen LogP contribution in [-0.2, 0) is 5.41 Å². The third kappa shape index (κ3) is 2.42. The largest absolute Gasteiger partial charge is 0.309 e. The van der Waals surface area contributed by atoms with Gasteiger partial charge in [-0.05, 0) is 47.0 Å². The maximum atomic E-state index is 2.44. The lowest BCUT2D eigenvalue weighted by Crippen LogP contribution is -2.15. The zero-order valence-corrected chi connectivity index (χ0v) is 20.5. The molecule has 166 valence electrons. The van der Waals surface area contributed by atoms with Gasteiger partial charge in [-0.15, -0.1) is 11.3 Å². The normalized spacial score (nSPS) is 14.2. The molecule has 5 aromatic carbocycles. The lowest BCUT2D eigenvalue weighted by Gasteiger charge is -2.22. The van der Waals surface area contributed by atoms with E-state index in [-0.39, 0.29) is 5.41 Å². The summed E-state index contributed by atoms with van der Waals surface area (Å²) in [6.07, 6.45) is 0. The van der Waals surface area contributed by atoms with Crippen molar-refractivity contribution in [2.24, 2.45) is 0 Å². The van der Waals surface area contributed by atoms with E-state index in [1.54, 1.807) is 0 Å². The van der Waals surface area contributed by atoms with Crippen LogP contribution in [0.3, 0.4) is 0 Å². The summed E-state index contributed by atoms with van der Waals surface area (Å²) in [5.41, 5.74) is 9.35. The first-order chi connectivity index (χ1) is 17.1. The minimum absolute atomic E-state index is 0.0518. The fraction of sp³-hybridized carbons (Fsp3) is 0.0909. The molecule has 0 N–H and O–H groups in total. The van der Waals surface area contributed by atoms with Gasteiger partial charge in [-0.3, -0.25) is 0 Å². The summed E-state index contributed by atoms with van der Waals surface area (Å²) >= 11 is 1.93. The molecule has 0 radical (unpaired) electrons. The van der Waals surface area contributed by atoms with Gasteiger partial charge in [0.25, 0.3) is 0 Å². The first-order valence-corrected chi connectivity index (χ1v) is 13.0. The van der Waals surface area contributed by atoms with Gasteiger partial charge in [0.2, 0.25) is 0 Å². The molecule has 1 aliphatic rings. The second-order valence-electron chi connectivity index (χ2n) is 10.2. The van der Waals surface area contributed by atoms with Crippen molar-refractivity contribution in [3.63, 3.8) is 0 Å². The predicted octanol–water partition coefficient (Wildman–Crippen LogP) is 9.46. The number of hydrogen-bond acceptors (Lipinski definition) is 1. The van der Waals surface area contributed by atoms with Crippen molar-refractivity contribution in [3.05, 3.63) is 114 Å². The van der Waals surface area contributed by atoms with E-state index in [1.807, 2.05) is 11.3 Å². The second kappa shape index (κ2) is 6.62. The number of nitrogens with zero attached hydrogens (tertiary/aromatic N) is 1. The van der Waals surface area contributed by atoms with Gasteiger partial charge in [0.05, 0.1) is 11.0 Å². The van der Waals surface area contributed by atoms with E-state index < -0.39 is 0 Å². The topological polar surface area (TPSA) is 4.93 Å². The number of rotatable bonds is 1. The average molecular weight is 466 g/mol. The van der Waals surface area contributed by atoms with E-state index in [2.05, 4.69) is 122 Å². The van der Waals surface area contributed by atoms with E-state index in [9.17, 15) is 0 Å². The highest BCUT2D eigenvalue weighted by atomic mass is 32.1. The van der Waals surface area contributed by atoms with Crippen LogP contribution in [0.4, 0.5) is 0 Å². The number of fused-ring (bicyclic) bond motifs is 10. The highest BCUT2D eigenvalue weighted by Gasteiger charge is 2.37. The SMILES string of the molecule is CC1(C)c2cc(-n3c4ccccc4c4ccccc43)ccc2-c2c1ccc1c2sc2ccccc21. The molecule has 1 nitrogen and oxygen atoms in total. The van der Waals surface area contributed by atoms with E-state index in [4.69, 9.17) is 0 Å². The van der Waals surface area contributed by atoms with Gasteiger partial charge < -0.3 is 4.57 Å². The Morgan fingerprint density at radius 2 is 1.26 bits per heavy atom. The minimum Gasteiger partial charge on any atom is -0.309 e. The van der Waals surface area contributed by atoms with Gasteiger partial charge in [-0.1, -0.05) is 86.6 Å². The molecule has 0 bridgehead atoms. The highest BCUT2D eigenvalue weighted by Crippen LogP contribution is 2.54. The molecule has 0 amide bonds. The van der Waals surface area contributed by atoms with Gasteiger partial charge >= 0.3 is 0 Å². The lowest BCUT2D eigenvalue weighted by atomic mass is 9.82. The molecule has 0 saturated heterocycles. The van der Waals surface area contributed by atoms with Crippen molar-refractivity contribution in [2.75, 3.05) is 0 Å². The molecule has 8 rings (SSSR count). The first-order valence-electron chi connectivity index (χ1n) is 12.2. The summed E-state index contributed by atoms with van der Waals surface area (Å²) in [6, 6.07) is 38.1. The third-order valence-electron chi connectivity index (χ3n) is 8.00. The molecule has 35 heavy (non-hydrogen) atoms. The fourth-order valence-electron chi connectivity index (χ4n) is 6.33. The summed E-state index contributed by atoms with van der Waals surface area (Å²) in [6.45, 7) is 4.76. The minimum atomic E-state index is -0.0518. The van der Waals surface area contributed by atoms with Crippen LogP contribution in [0.1, 0.15) is 25.0 Å². The Morgan fingerprint density at radius 3 is 2.00 bits per heavy atom. The molecule has 0 fully saturated rings. The van der Waals surface area contributed by atoms with Crippen LogP contribution in [0, 0.1) is 0 Å². The van der Waals surface area contributed by atoms with Gasteiger partial charge in [-0.2, -0.15) is 0 Å².